The van der Waals surface area contributed by atoms with E-state index in [2.05, 4.69) is 35.7 Å². The molecule has 1 amide bonds. The van der Waals surface area contributed by atoms with E-state index in [9.17, 15) is 9.59 Å². The van der Waals surface area contributed by atoms with Crippen LogP contribution in [0.15, 0.2) is 10.9 Å². The zero-order valence-electron chi connectivity index (χ0n) is 14.3. The summed E-state index contributed by atoms with van der Waals surface area (Å²) >= 11 is 0. The van der Waals surface area contributed by atoms with Crippen LogP contribution >= 0.6 is 0 Å². The molecule has 4 N–H and O–H groups in total. The highest BCUT2D eigenvalue weighted by Gasteiger charge is 2.33. The van der Waals surface area contributed by atoms with Crippen molar-refractivity contribution in [2.24, 2.45) is 0 Å². The number of tetrazole rings is 1. The molecule has 1 saturated heterocycles. The molecule has 0 atom stereocenters. The highest BCUT2D eigenvalue weighted by atomic mass is 16.2. The van der Waals surface area contributed by atoms with Crippen molar-refractivity contribution in [3.05, 3.63) is 22.1 Å². The molecule has 0 unspecified atom stereocenters. The van der Waals surface area contributed by atoms with Gasteiger partial charge in [-0.2, -0.15) is 0 Å². The number of H-pyrrole nitrogens is 1. The summed E-state index contributed by atoms with van der Waals surface area (Å²) < 4.78 is 1.24. The number of nitrogen functional groups attached to an aromatic ring is 1. The van der Waals surface area contributed by atoms with Gasteiger partial charge in [-0.15, -0.1) is 0 Å². The van der Waals surface area contributed by atoms with E-state index in [1.54, 1.807) is 6.07 Å². The number of carbonyl (C=O) groups excluding carboxylic acids is 1. The number of aromatic amines is 1. The molecule has 1 aliphatic heterocycles. The van der Waals surface area contributed by atoms with Gasteiger partial charge in [0.05, 0.1) is 5.69 Å². The molecule has 0 spiro atoms. The number of hydrogen-bond acceptors (Lipinski definition) is 8. The lowest BCUT2D eigenvalue weighted by Gasteiger charge is -2.35. The molecular formula is C15H21N9O2. The molecule has 1 saturated carbocycles. The fraction of sp³-hybridized carbons (Fsp3) is 0.600. The van der Waals surface area contributed by atoms with Gasteiger partial charge < -0.3 is 16.0 Å². The lowest BCUT2D eigenvalue weighted by atomic mass is 9.78. The summed E-state index contributed by atoms with van der Waals surface area (Å²) in [5.41, 5.74) is 6.22. The SMILES string of the molecule is Nc1nnnn1CC(=O)NC1CC(c2cc(=O)[nH]c(N3CCCC3)n2)C1. The first kappa shape index (κ1) is 16.5. The topological polar surface area (TPSA) is 148 Å². The number of rotatable bonds is 5. The second kappa shape index (κ2) is 6.73. The van der Waals surface area contributed by atoms with Crippen LogP contribution in [0.1, 0.15) is 37.3 Å². The van der Waals surface area contributed by atoms with Crippen molar-refractivity contribution in [1.82, 2.24) is 35.5 Å². The van der Waals surface area contributed by atoms with Gasteiger partial charge in [-0.3, -0.25) is 14.6 Å². The molecule has 3 heterocycles. The van der Waals surface area contributed by atoms with Gasteiger partial charge in [0.15, 0.2) is 0 Å². The summed E-state index contributed by atoms with van der Waals surface area (Å²) in [4.78, 5) is 33.6. The Kier molecular flexibility index (Phi) is 4.27. The van der Waals surface area contributed by atoms with E-state index in [0.717, 1.165) is 44.5 Å². The molecule has 26 heavy (non-hydrogen) atoms. The summed E-state index contributed by atoms with van der Waals surface area (Å²) in [7, 11) is 0. The second-order valence-electron chi connectivity index (χ2n) is 6.82. The minimum absolute atomic E-state index is 0.0115. The summed E-state index contributed by atoms with van der Waals surface area (Å²) in [6.07, 6.45) is 3.76. The number of anilines is 2. The Morgan fingerprint density at radius 1 is 1.35 bits per heavy atom. The van der Waals surface area contributed by atoms with Crippen molar-refractivity contribution in [1.29, 1.82) is 0 Å². The molecular weight excluding hydrogens is 338 g/mol. The predicted octanol–water partition coefficient (Wildman–Crippen LogP) is -0.999. The first-order valence-electron chi connectivity index (χ1n) is 8.75. The molecule has 2 aromatic rings. The average molecular weight is 359 g/mol. The summed E-state index contributed by atoms with van der Waals surface area (Å²) in [6.45, 7) is 1.84. The van der Waals surface area contributed by atoms with Crippen LogP contribution < -0.4 is 21.5 Å². The van der Waals surface area contributed by atoms with E-state index in [4.69, 9.17) is 5.73 Å². The quantitative estimate of drug-likeness (QED) is 0.616. The number of nitrogens with two attached hydrogens (primary N) is 1. The first-order valence-corrected chi connectivity index (χ1v) is 8.75. The van der Waals surface area contributed by atoms with E-state index < -0.39 is 0 Å². The Morgan fingerprint density at radius 2 is 2.12 bits per heavy atom. The number of nitrogens with one attached hydrogen (secondary N) is 2. The van der Waals surface area contributed by atoms with Gasteiger partial charge in [0.2, 0.25) is 17.8 Å². The molecule has 0 radical (unpaired) electrons. The summed E-state index contributed by atoms with van der Waals surface area (Å²) in [5, 5.41) is 13.5. The van der Waals surface area contributed by atoms with E-state index in [0.29, 0.717) is 5.95 Å². The molecule has 2 aliphatic rings. The predicted molar refractivity (Wildman–Crippen MR) is 92.4 cm³/mol. The monoisotopic (exact) mass is 359 g/mol. The minimum atomic E-state index is -0.191. The Bertz CT molecular complexity index is 849. The lowest BCUT2D eigenvalue weighted by molar-refractivity contribution is -0.123. The molecule has 2 fully saturated rings. The van der Waals surface area contributed by atoms with Crippen molar-refractivity contribution in [3.8, 4) is 0 Å². The molecule has 11 nitrogen and oxygen atoms in total. The van der Waals surface area contributed by atoms with Crippen LogP contribution in [0.25, 0.3) is 0 Å². The van der Waals surface area contributed by atoms with E-state index >= 15 is 0 Å². The van der Waals surface area contributed by atoms with Crippen molar-refractivity contribution < 1.29 is 4.79 Å². The molecule has 0 bridgehead atoms. The van der Waals surface area contributed by atoms with Crippen LogP contribution in [0.5, 0.6) is 0 Å². The molecule has 1 aliphatic carbocycles. The van der Waals surface area contributed by atoms with Crippen LogP contribution in [0.4, 0.5) is 11.9 Å². The van der Waals surface area contributed by atoms with E-state index in [-0.39, 0.29) is 35.9 Å². The fourth-order valence-electron chi connectivity index (χ4n) is 3.46. The molecule has 138 valence electrons. The Balaban J connectivity index is 1.33. The standard InChI is InChI=1S/C15H21N9O2/c16-14-20-21-22-24(14)8-13(26)17-10-5-9(6-10)11-7-12(25)19-15(18-11)23-3-1-2-4-23/h7,9-10H,1-6,8H2,(H,17,26)(H2,16,20,22)(H,18,19,25). The molecule has 11 heteroatoms. The Hall–Kier alpha value is -2.98. The van der Waals surface area contributed by atoms with Crippen LogP contribution in [-0.4, -0.2) is 55.2 Å². The molecule has 2 aromatic heterocycles. The smallest absolute Gasteiger partial charge is 0.252 e. The first-order chi connectivity index (χ1) is 12.6. The van der Waals surface area contributed by atoms with Gasteiger partial charge in [0.1, 0.15) is 6.54 Å². The number of carbonyl (C=O) groups is 1. The van der Waals surface area contributed by atoms with Gasteiger partial charge in [0.25, 0.3) is 5.56 Å². The second-order valence-corrected chi connectivity index (χ2v) is 6.82. The third kappa shape index (κ3) is 3.37. The summed E-state index contributed by atoms with van der Waals surface area (Å²) in [5.74, 6) is 0.756. The van der Waals surface area contributed by atoms with Crippen molar-refractivity contribution in [3.63, 3.8) is 0 Å². The minimum Gasteiger partial charge on any atom is -0.367 e. The average Bonchev–Trinajstić information content (AvgIpc) is 3.22. The van der Waals surface area contributed by atoms with Gasteiger partial charge in [-0.25, -0.2) is 9.67 Å². The highest BCUT2D eigenvalue weighted by molar-refractivity contribution is 5.76. The highest BCUT2D eigenvalue weighted by Crippen LogP contribution is 2.36. The third-order valence-electron chi connectivity index (χ3n) is 4.93. The fourth-order valence-corrected chi connectivity index (χ4v) is 3.46. The summed E-state index contributed by atoms with van der Waals surface area (Å²) in [6, 6.07) is 1.62. The van der Waals surface area contributed by atoms with Crippen LogP contribution in [-0.2, 0) is 11.3 Å². The van der Waals surface area contributed by atoms with Gasteiger partial charge in [-0.05, 0) is 36.1 Å². The maximum atomic E-state index is 12.0. The largest absolute Gasteiger partial charge is 0.367 e. The number of amides is 1. The normalized spacial score (nSPS) is 22.2. The van der Waals surface area contributed by atoms with Gasteiger partial charge in [0, 0.05) is 31.1 Å². The molecule has 0 aromatic carbocycles. The van der Waals surface area contributed by atoms with Crippen LogP contribution in [0, 0.1) is 0 Å². The number of aromatic nitrogens is 6. The maximum Gasteiger partial charge on any atom is 0.252 e. The Labute approximate surface area is 149 Å². The van der Waals surface area contributed by atoms with Gasteiger partial charge in [-0.1, -0.05) is 5.10 Å². The zero-order chi connectivity index (χ0) is 18.1. The number of nitrogens with zero attached hydrogens (tertiary/aromatic N) is 6. The molecule has 4 rings (SSSR count). The van der Waals surface area contributed by atoms with Crippen molar-refractivity contribution in [2.75, 3.05) is 23.7 Å². The van der Waals surface area contributed by atoms with Crippen LogP contribution in [0.2, 0.25) is 0 Å². The zero-order valence-corrected chi connectivity index (χ0v) is 14.3. The van der Waals surface area contributed by atoms with Crippen LogP contribution in [0.3, 0.4) is 0 Å². The van der Waals surface area contributed by atoms with Gasteiger partial charge >= 0.3 is 0 Å². The lowest BCUT2D eigenvalue weighted by Crippen LogP contribution is -2.45. The Morgan fingerprint density at radius 3 is 2.81 bits per heavy atom. The number of hydrogen-bond donors (Lipinski definition) is 3. The maximum absolute atomic E-state index is 12.0. The van der Waals surface area contributed by atoms with E-state index in [1.807, 2.05) is 0 Å². The van der Waals surface area contributed by atoms with Crippen molar-refractivity contribution >= 4 is 17.8 Å². The van der Waals surface area contributed by atoms with Crippen molar-refractivity contribution in [2.45, 2.75) is 44.2 Å². The van der Waals surface area contributed by atoms with E-state index in [1.165, 1.54) is 4.68 Å². The third-order valence-corrected chi connectivity index (χ3v) is 4.93.